The summed E-state index contributed by atoms with van der Waals surface area (Å²) < 4.78 is 6.16. The molecule has 10 heteroatoms. The fraction of sp³-hybridized carbons (Fsp3) is 0.222. The van der Waals surface area contributed by atoms with Gasteiger partial charge in [0.25, 0.3) is 0 Å². The number of halogens is 1. The molecule has 0 bridgehead atoms. The molecule has 1 aliphatic rings. The molecule has 188 valence electrons. The van der Waals surface area contributed by atoms with Gasteiger partial charge in [-0.2, -0.15) is 15.1 Å². The summed E-state index contributed by atoms with van der Waals surface area (Å²) in [6.45, 7) is 7.37. The van der Waals surface area contributed by atoms with E-state index < -0.39 is 0 Å². The van der Waals surface area contributed by atoms with Gasteiger partial charge in [-0.1, -0.05) is 29.8 Å². The normalized spacial score (nSPS) is 13.8. The average molecular weight is 515 g/mol. The minimum Gasteiger partial charge on any atom is -0.423 e. The molecule has 0 amide bonds. The van der Waals surface area contributed by atoms with Crippen LogP contribution in [0.5, 0.6) is 11.8 Å². The van der Waals surface area contributed by atoms with Gasteiger partial charge in [0.15, 0.2) is 5.82 Å². The number of ether oxygens (including phenoxy) is 1. The number of nitrogens with zero attached hydrogens (tertiary/aromatic N) is 5. The summed E-state index contributed by atoms with van der Waals surface area (Å²) in [4.78, 5) is 17.3. The second-order valence-electron chi connectivity index (χ2n) is 9.16. The number of fused-ring (bicyclic) bond motifs is 1. The Hall–Kier alpha value is -4.24. The third kappa shape index (κ3) is 4.90. The number of aryl methyl sites for hydroxylation is 2. The quantitative estimate of drug-likeness (QED) is 0.263. The first-order valence-corrected chi connectivity index (χ1v) is 12.6. The number of hydrogen-bond donors (Lipinski definition) is 3. The Bertz CT molecular complexity index is 1540. The number of aromatic nitrogens is 5. The maximum atomic E-state index is 6.69. The first-order chi connectivity index (χ1) is 18.0. The minimum atomic E-state index is 0.214. The van der Waals surface area contributed by atoms with E-state index in [9.17, 15) is 0 Å². The highest BCUT2D eigenvalue weighted by Gasteiger charge is 2.21. The molecule has 1 aliphatic heterocycles. The van der Waals surface area contributed by atoms with Crippen LogP contribution in [0.25, 0.3) is 10.9 Å². The van der Waals surface area contributed by atoms with Crippen LogP contribution < -0.4 is 19.9 Å². The lowest BCUT2D eigenvalue weighted by atomic mass is 10.2. The van der Waals surface area contributed by atoms with E-state index in [0.717, 1.165) is 54.3 Å². The second-order valence-corrected chi connectivity index (χ2v) is 9.54. The van der Waals surface area contributed by atoms with E-state index in [4.69, 9.17) is 21.3 Å². The van der Waals surface area contributed by atoms with Gasteiger partial charge in [0.05, 0.1) is 5.02 Å². The van der Waals surface area contributed by atoms with Crippen LogP contribution in [0.15, 0.2) is 60.7 Å². The average Bonchev–Trinajstić information content (AvgIpc) is 3.51. The molecule has 0 saturated carbocycles. The summed E-state index contributed by atoms with van der Waals surface area (Å²) in [7, 11) is 0. The maximum Gasteiger partial charge on any atom is 0.325 e. The van der Waals surface area contributed by atoms with Crippen LogP contribution in [0.3, 0.4) is 0 Å². The molecule has 2 aromatic carbocycles. The topological polar surface area (TPSA) is 98.0 Å². The minimum absolute atomic E-state index is 0.214. The van der Waals surface area contributed by atoms with Crippen molar-refractivity contribution in [3.8, 4) is 11.8 Å². The van der Waals surface area contributed by atoms with Crippen LogP contribution in [-0.2, 0) is 0 Å². The van der Waals surface area contributed by atoms with E-state index in [-0.39, 0.29) is 6.01 Å². The van der Waals surface area contributed by atoms with Crippen molar-refractivity contribution in [2.75, 3.05) is 41.3 Å². The molecule has 5 aromatic rings. The lowest BCUT2D eigenvalue weighted by Crippen LogP contribution is -2.46. The lowest BCUT2D eigenvalue weighted by molar-refractivity contribution is 0.443. The Kier molecular flexibility index (Phi) is 6.05. The molecule has 0 atom stereocenters. The first-order valence-electron chi connectivity index (χ1n) is 12.2. The highest BCUT2D eigenvalue weighted by atomic mass is 35.5. The van der Waals surface area contributed by atoms with Gasteiger partial charge in [-0.15, -0.1) is 0 Å². The van der Waals surface area contributed by atoms with Crippen molar-refractivity contribution in [1.29, 1.82) is 0 Å². The molecule has 3 N–H and O–H groups in total. The summed E-state index contributed by atoms with van der Waals surface area (Å²) in [6, 6.07) is 20.3. The number of nitrogens with one attached hydrogen (secondary N) is 3. The summed E-state index contributed by atoms with van der Waals surface area (Å²) in [5, 5.41) is 11.9. The standard InChI is InChI=1S/C27H27ClN8O/c1-17-14-20-21(29-17)8-9-22(26(20)28)37-27-31-23(30-24-15-18(2)33-34-24)16-25(32-27)36-12-10-35(11-13-36)19-6-4-3-5-7-19/h3-9,14-16,29H,10-13H2,1-2H3,(H2,30,31,32,33,34). The number of piperazine rings is 1. The lowest BCUT2D eigenvalue weighted by Gasteiger charge is -2.36. The van der Waals surface area contributed by atoms with E-state index in [1.165, 1.54) is 5.69 Å². The van der Waals surface area contributed by atoms with Crippen molar-refractivity contribution in [3.63, 3.8) is 0 Å². The Morgan fingerprint density at radius 2 is 1.65 bits per heavy atom. The maximum absolute atomic E-state index is 6.69. The third-order valence-corrected chi connectivity index (χ3v) is 6.81. The summed E-state index contributed by atoms with van der Waals surface area (Å²) in [6.07, 6.45) is 0. The van der Waals surface area contributed by atoms with Crippen LogP contribution in [0, 0.1) is 13.8 Å². The van der Waals surface area contributed by atoms with Gasteiger partial charge < -0.3 is 24.8 Å². The smallest absolute Gasteiger partial charge is 0.325 e. The zero-order valence-electron chi connectivity index (χ0n) is 20.6. The molecule has 4 heterocycles. The molecule has 1 fully saturated rings. The number of para-hydroxylation sites is 1. The Morgan fingerprint density at radius 3 is 2.41 bits per heavy atom. The van der Waals surface area contributed by atoms with Gasteiger partial charge in [-0.25, -0.2) is 0 Å². The number of anilines is 4. The van der Waals surface area contributed by atoms with E-state index in [1.807, 2.05) is 50.2 Å². The highest BCUT2D eigenvalue weighted by Crippen LogP contribution is 2.36. The molecule has 37 heavy (non-hydrogen) atoms. The zero-order chi connectivity index (χ0) is 25.4. The van der Waals surface area contributed by atoms with Gasteiger partial charge in [0.1, 0.15) is 17.4 Å². The van der Waals surface area contributed by atoms with Gasteiger partial charge in [-0.05, 0) is 44.2 Å². The van der Waals surface area contributed by atoms with Crippen molar-refractivity contribution < 1.29 is 4.74 Å². The predicted octanol–water partition coefficient (Wildman–Crippen LogP) is 5.81. The van der Waals surface area contributed by atoms with Crippen LogP contribution >= 0.6 is 11.6 Å². The van der Waals surface area contributed by atoms with Gasteiger partial charge in [0, 0.05) is 66.3 Å². The van der Waals surface area contributed by atoms with Crippen LogP contribution in [0.1, 0.15) is 11.4 Å². The predicted molar refractivity (Wildman–Crippen MR) is 148 cm³/mol. The molecular formula is C27H27ClN8O. The van der Waals surface area contributed by atoms with Crippen LogP contribution in [0.4, 0.5) is 23.1 Å². The van der Waals surface area contributed by atoms with Crippen molar-refractivity contribution in [2.45, 2.75) is 13.8 Å². The van der Waals surface area contributed by atoms with Crippen molar-refractivity contribution >= 4 is 45.6 Å². The molecule has 0 radical (unpaired) electrons. The fourth-order valence-corrected chi connectivity index (χ4v) is 4.85. The van der Waals surface area contributed by atoms with Crippen LogP contribution in [-0.4, -0.2) is 51.3 Å². The SMILES string of the molecule is Cc1cc(Nc2cc(N3CCN(c4ccccc4)CC3)nc(Oc3ccc4[nH]c(C)cc4c3Cl)n2)n[nH]1. The molecule has 0 aliphatic carbocycles. The first kappa shape index (κ1) is 23.2. The van der Waals surface area contributed by atoms with E-state index in [2.05, 4.69) is 59.5 Å². The molecule has 1 saturated heterocycles. The molecule has 0 unspecified atom stereocenters. The Labute approximate surface area is 219 Å². The van der Waals surface area contributed by atoms with Crippen molar-refractivity contribution in [1.82, 2.24) is 25.1 Å². The van der Waals surface area contributed by atoms with Gasteiger partial charge in [0.2, 0.25) is 0 Å². The summed E-state index contributed by atoms with van der Waals surface area (Å²) in [5.41, 5.74) is 4.17. The molecular weight excluding hydrogens is 488 g/mol. The molecule has 0 spiro atoms. The molecule has 9 nitrogen and oxygen atoms in total. The number of H-pyrrole nitrogens is 2. The van der Waals surface area contributed by atoms with E-state index in [0.29, 0.717) is 22.4 Å². The Morgan fingerprint density at radius 1 is 0.865 bits per heavy atom. The van der Waals surface area contributed by atoms with E-state index in [1.54, 1.807) is 0 Å². The molecule has 3 aromatic heterocycles. The number of hydrogen-bond acceptors (Lipinski definition) is 7. The second kappa shape index (κ2) is 9.67. The monoisotopic (exact) mass is 514 g/mol. The largest absolute Gasteiger partial charge is 0.423 e. The zero-order valence-corrected chi connectivity index (χ0v) is 21.4. The van der Waals surface area contributed by atoms with Crippen LogP contribution in [0.2, 0.25) is 5.02 Å². The van der Waals surface area contributed by atoms with Crippen molar-refractivity contribution in [3.05, 3.63) is 77.1 Å². The Balaban J connectivity index is 1.29. The van der Waals surface area contributed by atoms with Gasteiger partial charge >= 0.3 is 6.01 Å². The summed E-state index contributed by atoms with van der Waals surface area (Å²) in [5.74, 6) is 2.54. The van der Waals surface area contributed by atoms with Crippen molar-refractivity contribution in [2.24, 2.45) is 0 Å². The summed E-state index contributed by atoms with van der Waals surface area (Å²) >= 11 is 6.69. The molecule has 6 rings (SSSR count). The number of benzene rings is 2. The number of aromatic amines is 2. The van der Waals surface area contributed by atoms with E-state index >= 15 is 0 Å². The number of rotatable bonds is 6. The highest BCUT2D eigenvalue weighted by molar-refractivity contribution is 6.37. The third-order valence-electron chi connectivity index (χ3n) is 6.42. The fourth-order valence-electron chi connectivity index (χ4n) is 4.60. The van der Waals surface area contributed by atoms with Gasteiger partial charge in [-0.3, -0.25) is 5.10 Å².